The Bertz CT molecular complexity index is 441. The molecule has 20 heavy (non-hydrogen) atoms. The number of ketones is 1. The highest BCUT2D eigenvalue weighted by atomic mass is 79.9. The minimum Gasteiger partial charge on any atom is -0.315 e. The quantitative estimate of drug-likeness (QED) is 0.606. The lowest BCUT2D eigenvalue weighted by molar-refractivity contribution is 0.0960. The van der Waals surface area contributed by atoms with Crippen LogP contribution < -0.4 is 5.73 Å². The van der Waals surface area contributed by atoms with Crippen LogP contribution >= 0.6 is 31.9 Å². The maximum atomic E-state index is 12.2. The molecular formula is C15H20Br2N2O. The molecule has 3 nitrogen and oxygen atoms in total. The Morgan fingerprint density at radius 3 is 2.75 bits per heavy atom. The molecule has 0 saturated carbocycles. The molecule has 0 spiro atoms. The molecule has 1 aliphatic rings. The molecule has 1 fully saturated rings. The summed E-state index contributed by atoms with van der Waals surface area (Å²) in [5.41, 5.74) is 7.04. The van der Waals surface area contributed by atoms with Gasteiger partial charge in [-0.25, -0.2) is 0 Å². The zero-order valence-electron chi connectivity index (χ0n) is 11.3. The molecule has 3 unspecified atom stereocenters. The van der Waals surface area contributed by atoms with E-state index in [0.717, 1.165) is 25.1 Å². The summed E-state index contributed by atoms with van der Waals surface area (Å²) in [7, 11) is 0. The molecule has 1 aliphatic heterocycles. The normalized spacial score (nSPS) is 23.2. The van der Waals surface area contributed by atoms with Gasteiger partial charge in [-0.05, 0) is 19.4 Å². The van der Waals surface area contributed by atoms with Crippen molar-refractivity contribution in [3.8, 4) is 0 Å². The third-order valence-corrected chi connectivity index (χ3v) is 5.28. The Morgan fingerprint density at radius 1 is 1.40 bits per heavy atom. The average Bonchev–Trinajstić information content (AvgIpc) is 2.47. The van der Waals surface area contributed by atoms with Gasteiger partial charge in [0, 0.05) is 23.4 Å². The van der Waals surface area contributed by atoms with Crippen LogP contribution in [-0.2, 0) is 0 Å². The number of likely N-dealkylation sites (tertiary alicyclic amines) is 1. The van der Waals surface area contributed by atoms with Crippen LogP contribution in [0.5, 0.6) is 0 Å². The minimum absolute atomic E-state index is 0.0204. The first kappa shape index (κ1) is 16.1. The van der Waals surface area contributed by atoms with E-state index in [9.17, 15) is 4.79 Å². The highest BCUT2D eigenvalue weighted by Crippen LogP contribution is 2.22. The largest absolute Gasteiger partial charge is 0.315 e. The SMILES string of the molecule is NC(C(Br)CC(=O)c1ccccc1)N1CCCC(Br)C1. The molecule has 0 aromatic heterocycles. The number of benzene rings is 1. The monoisotopic (exact) mass is 402 g/mol. The van der Waals surface area contributed by atoms with Crippen molar-refractivity contribution in [1.29, 1.82) is 0 Å². The van der Waals surface area contributed by atoms with Crippen LogP contribution in [0.1, 0.15) is 29.6 Å². The predicted molar refractivity (Wildman–Crippen MR) is 89.6 cm³/mol. The molecule has 0 aliphatic carbocycles. The Hall–Kier alpha value is -0.230. The van der Waals surface area contributed by atoms with Crippen LogP contribution in [0, 0.1) is 0 Å². The van der Waals surface area contributed by atoms with Crippen molar-refractivity contribution in [2.45, 2.75) is 35.1 Å². The number of hydrogen-bond acceptors (Lipinski definition) is 3. The standard InChI is InChI=1S/C15H20Br2N2O/c16-12-7-4-8-19(10-12)15(18)13(17)9-14(20)11-5-2-1-3-6-11/h1-3,5-6,12-13,15H,4,7-10,18H2. The number of carbonyl (C=O) groups is 1. The molecule has 5 heteroatoms. The molecule has 1 heterocycles. The van der Waals surface area contributed by atoms with E-state index in [-0.39, 0.29) is 16.8 Å². The number of halogens is 2. The highest BCUT2D eigenvalue weighted by molar-refractivity contribution is 9.09. The topological polar surface area (TPSA) is 46.3 Å². The van der Waals surface area contributed by atoms with E-state index in [1.807, 2.05) is 30.3 Å². The van der Waals surface area contributed by atoms with Gasteiger partial charge in [0.1, 0.15) is 0 Å². The molecule has 110 valence electrons. The summed E-state index contributed by atoms with van der Waals surface area (Å²) in [6.07, 6.45) is 2.65. The molecule has 0 amide bonds. The number of nitrogens with zero attached hydrogens (tertiary/aromatic N) is 1. The molecule has 0 bridgehead atoms. The number of rotatable bonds is 5. The Labute approximate surface area is 137 Å². The van der Waals surface area contributed by atoms with Gasteiger partial charge in [-0.3, -0.25) is 9.69 Å². The lowest BCUT2D eigenvalue weighted by atomic mass is 10.0. The summed E-state index contributed by atoms with van der Waals surface area (Å²) in [5.74, 6) is 0.135. The summed E-state index contributed by atoms with van der Waals surface area (Å²) in [5, 5.41) is 0. The Balaban J connectivity index is 1.90. The maximum Gasteiger partial charge on any atom is 0.164 e. The average molecular weight is 404 g/mol. The van der Waals surface area contributed by atoms with Crippen LogP contribution in [-0.4, -0.2) is 39.6 Å². The van der Waals surface area contributed by atoms with E-state index >= 15 is 0 Å². The van der Waals surface area contributed by atoms with Gasteiger partial charge in [0.05, 0.1) is 11.0 Å². The lowest BCUT2D eigenvalue weighted by Crippen LogP contribution is -2.52. The van der Waals surface area contributed by atoms with Crippen molar-refractivity contribution < 1.29 is 4.79 Å². The third kappa shape index (κ3) is 4.38. The van der Waals surface area contributed by atoms with Crippen molar-refractivity contribution >= 4 is 37.6 Å². The van der Waals surface area contributed by atoms with Gasteiger partial charge in [-0.1, -0.05) is 62.2 Å². The van der Waals surface area contributed by atoms with Crippen molar-refractivity contribution in [1.82, 2.24) is 4.90 Å². The first-order valence-corrected chi connectivity index (χ1v) is 8.77. The fourth-order valence-electron chi connectivity index (χ4n) is 2.49. The second-order valence-corrected chi connectivity index (χ2v) is 7.71. The molecular weight excluding hydrogens is 384 g/mol. The van der Waals surface area contributed by atoms with E-state index in [0.29, 0.717) is 11.2 Å². The number of Topliss-reactive ketones (excluding diaryl/α,β-unsaturated/α-hetero) is 1. The summed E-state index contributed by atoms with van der Waals surface area (Å²) in [6, 6.07) is 9.39. The summed E-state index contributed by atoms with van der Waals surface area (Å²) >= 11 is 7.25. The number of hydrogen-bond donors (Lipinski definition) is 1. The minimum atomic E-state index is -0.122. The fraction of sp³-hybridized carbons (Fsp3) is 0.533. The van der Waals surface area contributed by atoms with Gasteiger partial charge in [0.25, 0.3) is 0 Å². The third-order valence-electron chi connectivity index (χ3n) is 3.66. The zero-order valence-corrected chi connectivity index (χ0v) is 14.5. The summed E-state index contributed by atoms with van der Waals surface area (Å²) < 4.78 is 0. The van der Waals surface area contributed by atoms with Gasteiger partial charge in [-0.15, -0.1) is 0 Å². The number of alkyl halides is 2. The van der Waals surface area contributed by atoms with Crippen molar-refractivity contribution in [3.05, 3.63) is 35.9 Å². The second kappa shape index (κ2) is 7.69. The van der Waals surface area contributed by atoms with Gasteiger partial charge in [0.15, 0.2) is 5.78 Å². The molecule has 1 saturated heterocycles. The summed E-state index contributed by atoms with van der Waals surface area (Å²) in [6.45, 7) is 1.95. The van der Waals surface area contributed by atoms with Gasteiger partial charge >= 0.3 is 0 Å². The Kier molecular flexibility index (Phi) is 6.20. The summed E-state index contributed by atoms with van der Waals surface area (Å²) in [4.78, 5) is 14.9. The maximum absolute atomic E-state index is 12.2. The highest BCUT2D eigenvalue weighted by Gasteiger charge is 2.28. The molecule has 3 atom stereocenters. The van der Waals surface area contributed by atoms with Gasteiger partial charge in [-0.2, -0.15) is 0 Å². The first-order chi connectivity index (χ1) is 9.58. The fourth-order valence-corrected chi connectivity index (χ4v) is 3.82. The molecule has 1 aromatic carbocycles. The van der Waals surface area contributed by atoms with E-state index in [1.165, 1.54) is 6.42 Å². The number of piperidine rings is 1. The van der Waals surface area contributed by atoms with Crippen LogP contribution in [0.25, 0.3) is 0 Å². The van der Waals surface area contributed by atoms with Gasteiger partial charge in [0.2, 0.25) is 0 Å². The molecule has 1 aromatic rings. The van der Waals surface area contributed by atoms with Crippen LogP contribution in [0.15, 0.2) is 30.3 Å². The number of nitrogens with two attached hydrogens (primary N) is 1. The Morgan fingerprint density at radius 2 is 2.10 bits per heavy atom. The van der Waals surface area contributed by atoms with Crippen molar-refractivity contribution in [2.75, 3.05) is 13.1 Å². The second-order valence-electron chi connectivity index (χ2n) is 5.23. The van der Waals surface area contributed by atoms with Crippen molar-refractivity contribution in [2.24, 2.45) is 5.73 Å². The van der Waals surface area contributed by atoms with E-state index in [4.69, 9.17) is 5.73 Å². The molecule has 0 radical (unpaired) electrons. The molecule has 2 N–H and O–H groups in total. The lowest BCUT2D eigenvalue weighted by Gasteiger charge is -2.36. The van der Waals surface area contributed by atoms with E-state index in [2.05, 4.69) is 36.8 Å². The van der Waals surface area contributed by atoms with E-state index < -0.39 is 0 Å². The van der Waals surface area contributed by atoms with Gasteiger partial charge < -0.3 is 5.73 Å². The van der Waals surface area contributed by atoms with E-state index in [1.54, 1.807) is 0 Å². The van der Waals surface area contributed by atoms with Crippen LogP contribution in [0.2, 0.25) is 0 Å². The van der Waals surface area contributed by atoms with Crippen LogP contribution in [0.4, 0.5) is 0 Å². The molecule has 2 rings (SSSR count). The number of carbonyl (C=O) groups excluding carboxylic acids is 1. The predicted octanol–water partition coefficient (Wildman–Crippen LogP) is 3.17. The first-order valence-electron chi connectivity index (χ1n) is 6.94. The smallest absolute Gasteiger partial charge is 0.164 e. The van der Waals surface area contributed by atoms with Crippen LogP contribution in [0.3, 0.4) is 0 Å². The van der Waals surface area contributed by atoms with Crippen molar-refractivity contribution in [3.63, 3.8) is 0 Å². The zero-order chi connectivity index (χ0) is 14.5.